The van der Waals surface area contributed by atoms with E-state index in [9.17, 15) is 13.2 Å². The van der Waals surface area contributed by atoms with E-state index in [1.54, 1.807) is 0 Å². The van der Waals surface area contributed by atoms with Crippen LogP contribution in [0.25, 0.3) is 0 Å². The van der Waals surface area contributed by atoms with Crippen LogP contribution in [0.15, 0.2) is 46.9 Å². The third-order valence-electron chi connectivity index (χ3n) is 2.68. The second kappa shape index (κ2) is 6.06. The summed E-state index contributed by atoms with van der Waals surface area (Å²) < 4.78 is 39.1. The predicted octanol–water partition coefficient (Wildman–Crippen LogP) is 5.73. The zero-order valence-corrected chi connectivity index (χ0v) is 12.5. The number of anilines is 1. The van der Waals surface area contributed by atoms with Crippen molar-refractivity contribution in [1.29, 1.82) is 0 Å². The Morgan fingerprint density at radius 1 is 1.05 bits per heavy atom. The maximum absolute atomic E-state index is 12.7. The smallest absolute Gasteiger partial charge is 0.381 e. The van der Waals surface area contributed by atoms with Gasteiger partial charge in [0.15, 0.2) is 0 Å². The highest BCUT2D eigenvalue weighted by Gasteiger charge is 2.33. The normalized spacial score (nSPS) is 11.4. The molecule has 106 valence electrons. The van der Waals surface area contributed by atoms with E-state index >= 15 is 0 Å². The summed E-state index contributed by atoms with van der Waals surface area (Å²) in [5.41, 5.74) is 0.515. The standard InChI is InChI=1S/C14H10BrClF3N/c15-10-3-1-9(2-4-10)8-20-11-5-6-13(16)12(7-11)14(17,18)19/h1-7,20H,8H2. The number of alkyl halides is 3. The van der Waals surface area contributed by atoms with Crippen molar-refractivity contribution >= 4 is 33.2 Å². The van der Waals surface area contributed by atoms with Gasteiger partial charge in [0, 0.05) is 16.7 Å². The molecule has 0 aliphatic rings. The summed E-state index contributed by atoms with van der Waals surface area (Å²) in [7, 11) is 0. The quantitative estimate of drug-likeness (QED) is 0.733. The van der Waals surface area contributed by atoms with E-state index in [-0.39, 0.29) is 5.02 Å². The summed E-state index contributed by atoms with van der Waals surface area (Å²) in [4.78, 5) is 0. The van der Waals surface area contributed by atoms with Crippen LogP contribution in [0.5, 0.6) is 0 Å². The molecule has 0 amide bonds. The highest BCUT2D eigenvalue weighted by molar-refractivity contribution is 9.10. The molecule has 0 aliphatic carbocycles. The predicted molar refractivity (Wildman–Crippen MR) is 77.9 cm³/mol. The largest absolute Gasteiger partial charge is 0.417 e. The molecule has 2 aromatic carbocycles. The van der Waals surface area contributed by atoms with E-state index in [2.05, 4.69) is 21.2 Å². The Morgan fingerprint density at radius 3 is 2.30 bits per heavy atom. The highest BCUT2D eigenvalue weighted by Crippen LogP contribution is 2.36. The molecule has 0 atom stereocenters. The van der Waals surface area contributed by atoms with Gasteiger partial charge in [-0.05, 0) is 35.9 Å². The maximum atomic E-state index is 12.7. The van der Waals surface area contributed by atoms with Crippen molar-refractivity contribution in [2.45, 2.75) is 12.7 Å². The van der Waals surface area contributed by atoms with Crippen molar-refractivity contribution in [2.75, 3.05) is 5.32 Å². The van der Waals surface area contributed by atoms with Crippen molar-refractivity contribution in [3.63, 3.8) is 0 Å². The fourth-order valence-electron chi connectivity index (χ4n) is 1.66. The van der Waals surface area contributed by atoms with E-state index in [1.807, 2.05) is 24.3 Å². The van der Waals surface area contributed by atoms with Gasteiger partial charge < -0.3 is 5.32 Å². The molecule has 0 saturated carbocycles. The molecular formula is C14H10BrClF3N. The van der Waals surface area contributed by atoms with Crippen LogP contribution in [0.4, 0.5) is 18.9 Å². The third-order valence-corrected chi connectivity index (χ3v) is 3.54. The number of benzene rings is 2. The zero-order chi connectivity index (χ0) is 14.8. The Hall–Kier alpha value is -1.20. The Bertz CT molecular complexity index is 596. The summed E-state index contributed by atoms with van der Waals surface area (Å²) >= 11 is 8.88. The monoisotopic (exact) mass is 363 g/mol. The summed E-state index contributed by atoms with van der Waals surface area (Å²) in [5.74, 6) is 0. The van der Waals surface area contributed by atoms with Gasteiger partial charge in [-0.15, -0.1) is 0 Å². The van der Waals surface area contributed by atoms with Crippen molar-refractivity contribution in [1.82, 2.24) is 0 Å². The Morgan fingerprint density at radius 2 is 1.70 bits per heavy atom. The lowest BCUT2D eigenvalue weighted by Gasteiger charge is -2.12. The summed E-state index contributed by atoms with van der Waals surface area (Å²) in [6, 6.07) is 11.3. The van der Waals surface area contributed by atoms with E-state index in [0.717, 1.165) is 16.1 Å². The lowest BCUT2D eigenvalue weighted by atomic mass is 10.1. The summed E-state index contributed by atoms with van der Waals surface area (Å²) in [6.07, 6.45) is -4.45. The molecule has 6 heteroatoms. The number of hydrogen-bond donors (Lipinski definition) is 1. The Balaban J connectivity index is 2.12. The molecular weight excluding hydrogens is 355 g/mol. The van der Waals surface area contributed by atoms with Gasteiger partial charge in [-0.1, -0.05) is 39.7 Å². The average Bonchev–Trinajstić information content (AvgIpc) is 2.38. The van der Waals surface area contributed by atoms with E-state index in [4.69, 9.17) is 11.6 Å². The number of rotatable bonds is 3. The average molecular weight is 365 g/mol. The molecule has 0 aliphatic heterocycles. The van der Waals surface area contributed by atoms with Gasteiger partial charge in [0.05, 0.1) is 10.6 Å². The summed E-state index contributed by atoms with van der Waals surface area (Å²) in [6.45, 7) is 0.437. The van der Waals surface area contributed by atoms with E-state index in [1.165, 1.54) is 12.1 Å². The first-order valence-corrected chi connectivity index (χ1v) is 6.88. The van der Waals surface area contributed by atoms with Crippen LogP contribution in [0.3, 0.4) is 0 Å². The summed E-state index contributed by atoms with van der Waals surface area (Å²) in [5, 5.41) is 2.65. The van der Waals surface area contributed by atoms with E-state index in [0.29, 0.717) is 12.2 Å². The van der Waals surface area contributed by atoms with Crippen LogP contribution in [0, 0.1) is 0 Å². The zero-order valence-electron chi connectivity index (χ0n) is 10.1. The number of hydrogen-bond acceptors (Lipinski definition) is 1. The minimum Gasteiger partial charge on any atom is -0.381 e. The van der Waals surface area contributed by atoms with Gasteiger partial charge in [-0.25, -0.2) is 0 Å². The van der Waals surface area contributed by atoms with Crippen LogP contribution < -0.4 is 5.32 Å². The van der Waals surface area contributed by atoms with Gasteiger partial charge >= 0.3 is 6.18 Å². The molecule has 2 rings (SSSR count). The highest BCUT2D eigenvalue weighted by atomic mass is 79.9. The molecule has 0 unspecified atom stereocenters. The van der Waals surface area contributed by atoms with Gasteiger partial charge in [-0.2, -0.15) is 13.2 Å². The fraction of sp³-hybridized carbons (Fsp3) is 0.143. The van der Waals surface area contributed by atoms with Crippen LogP contribution >= 0.6 is 27.5 Å². The van der Waals surface area contributed by atoms with Crippen molar-refractivity contribution < 1.29 is 13.2 Å². The molecule has 0 heterocycles. The molecule has 0 aromatic heterocycles. The number of halogens is 5. The molecule has 0 spiro atoms. The third kappa shape index (κ3) is 3.90. The molecule has 1 nitrogen and oxygen atoms in total. The van der Waals surface area contributed by atoms with Crippen LogP contribution in [0.1, 0.15) is 11.1 Å². The SMILES string of the molecule is FC(F)(F)c1cc(NCc2ccc(Br)cc2)ccc1Cl. The van der Waals surface area contributed by atoms with Crippen LogP contribution in [0.2, 0.25) is 5.02 Å². The van der Waals surface area contributed by atoms with Gasteiger partial charge in [0.2, 0.25) is 0 Å². The van der Waals surface area contributed by atoms with E-state index < -0.39 is 11.7 Å². The topological polar surface area (TPSA) is 12.0 Å². The molecule has 20 heavy (non-hydrogen) atoms. The molecule has 0 fully saturated rings. The minimum absolute atomic E-state index is 0.299. The fourth-order valence-corrected chi connectivity index (χ4v) is 2.15. The number of nitrogens with one attached hydrogen (secondary N) is 1. The van der Waals surface area contributed by atoms with Crippen molar-refractivity contribution in [2.24, 2.45) is 0 Å². The van der Waals surface area contributed by atoms with Gasteiger partial charge in [0.1, 0.15) is 0 Å². The first-order valence-electron chi connectivity index (χ1n) is 5.71. The van der Waals surface area contributed by atoms with Crippen LogP contribution in [-0.2, 0) is 12.7 Å². The molecule has 0 saturated heterocycles. The van der Waals surface area contributed by atoms with Gasteiger partial charge in [0.25, 0.3) is 0 Å². The van der Waals surface area contributed by atoms with Crippen molar-refractivity contribution in [3.8, 4) is 0 Å². The second-order valence-corrected chi connectivity index (χ2v) is 5.50. The molecule has 0 radical (unpaired) electrons. The molecule has 2 aromatic rings. The Labute approximate surface area is 127 Å². The van der Waals surface area contributed by atoms with Crippen LogP contribution in [-0.4, -0.2) is 0 Å². The first-order chi connectivity index (χ1) is 9.36. The van der Waals surface area contributed by atoms with Gasteiger partial charge in [-0.3, -0.25) is 0 Å². The lowest BCUT2D eigenvalue weighted by molar-refractivity contribution is -0.137. The molecule has 0 bridgehead atoms. The minimum atomic E-state index is -4.45. The first kappa shape index (κ1) is 15.2. The van der Waals surface area contributed by atoms with Crippen molar-refractivity contribution in [3.05, 3.63) is 63.1 Å². The second-order valence-electron chi connectivity index (χ2n) is 4.17. The lowest BCUT2D eigenvalue weighted by Crippen LogP contribution is -2.07. The Kier molecular flexibility index (Phi) is 4.60. The molecule has 1 N–H and O–H groups in total. The maximum Gasteiger partial charge on any atom is 0.417 e.